The van der Waals surface area contributed by atoms with Crippen molar-refractivity contribution in [1.82, 2.24) is 0 Å². The molecule has 1 N–H and O–H groups in total. The largest absolute Gasteiger partial charge is 0.393 e. The van der Waals surface area contributed by atoms with Gasteiger partial charge in [-0.3, -0.25) is 0 Å². The van der Waals surface area contributed by atoms with E-state index in [2.05, 4.69) is 0 Å². The monoisotopic (exact) mass is 176 g/mol. The molecule has 1 unspecified atom stereocenters. The van der Waals surface area contributed by atoms with Crippen LogP contribution in [0.4, 0.5) is 0 Å². The molecule has 74 valence electrons. The maximum Gasteiger partial charge on any atom is 0.0700 e. The van der Waals surface area contributed by atoms with Crippen molar-refractivity contribution in [3.8, 4) is 0 Å². The lowest BCUT2D eigenvalue weighted by Crippen LogP contribution is -2.08. The summed E-state index contributed by atoms with van der Waals surface area (Å²) in [5, 5.41) is 9.18. The first-order valence-electron chi connectivity index (χ1n) is 4.56. The van der Waals surface area contributed by atoms with E-state index >= 15 is 0 Å². The van der Waals surface area contributed by atoms with E-state index in [0.717, 1.165) is 25.9 Å². The van der Waals surface area contributed by atoms with Crippen LogP contribution in [-0.4, -0.2) is 38.1 Å². The van der Waals surface area contributed by atoms with Gasteiger partial charge < -0.3 is 14.6 Å². The number of hydrogen-bond acceptors (Lipinski definition) is 3. The average Bonchev–Trinajstić information content (AvgIpc) is 2.10. The number of aliphatic hydroxyl groups excluding tert-OH is 1. The van der Waals surface area contributed by atoms with E-state index in [9.17, 15) is 5.11 Å². The summed E-state index contributed by atoms with van der Waals surface area (Å²) < 4.78 is 10.0. The van der Waals surface area contributed by atoms with Crippen molar-refractivity contribution in [3.05, 3.63) is 0 Å². The minimum absolute atomic E-state index is 0.156. The van der Waals surface area contributed by atoms with Gasteiger partial charge in [0, 0.05) is 13.7 Å². The smallest absolute Gasteiger partial charge is 0.0700 e. The van der Waals surface area contributed by atoms with Crippen LogP contribution in [0.3, 0.4) is 0 Å². The molecule has 0 fully saturated rings. The van der Waals surface area contributed by atoms with Gasteiger partial charge in [-0.1, -0.05) is 6.92 Å². The van der Waals surface area contributed by atoms with Gasteiger partial charge in [0.05, 0.1) is 19.3 Å². The number of ether oxygens (including phenoxy) is 2. The van der Waals surface area contributed by atoms with Gasteiger partial charge in [-0.15, -0.1) is 0 Å². The van der Waals surface area contributed by atoms with E-state index in [0.29, 0.717) is 13.2 Å². The molecule has 0 aliphatic rings. The van der Waals surface area contributed by atoms with E-state index in [1.165, 1.54) is 0 Å². The quantitative estimate of drug-likeness (QED) is 0.565. The van der Waals surface area contributed by atoms with E-state index in [-0.39, 0.29) is 6.10 Å². The SMILES string of the molecule is CCC(O)CCCOCCOC. The lowest BCUT2D eigenvalue weighted by Gasteiger charge is -2.07. The van der Waals surface area contributed by atoms with E-state index in [1.54, 1.807) is 7.11 Å². The molecule has 0 spiro atoms. The molecule has 0 bridgehead atoms. The normalized spacial score (nSPS) is 13.2. The highest BCUT2D eigenvalue weighted by Crippen LogP contribution is 2.00. The molecule has 0 radical (unpaired) electrons. The third-order valence-corrected chi connectivity index (χ3v) is 1.73. The maximum absolute atomic E-state index is 9.18. The second-order valence-corrected chi connectivity index (χ2v) is 2.81. The van der Waals surface area contributed by atoms with Crippen molar-refractivity contribution in [3.63, 3.8) is 0 Å². The lowest BCUT2D eigenvalue weighted by molar-refractivity contribution is 0.0614. The Bertz CT molecular complexity index is 85.8. The van der Waals surface area contributed by atoms with Crippen LogP contribution in [-0.2, 0) is 9.47 Å². The van der Waals surface area contributed by atoms with Crippen molar-refractivity contribution in [1.29, 1.82) is 0 Å². The molecular weight excluding hydrogens is 156 g/mol. The minimum Gasteiger partial charge on any atom is -0.393 e. The van der Waals surface area contributed by atoms with E-state index < -0.39 is 0 Å². The van der Waals surface area contributed by atoms with Gasteiger partial charge in [-0.05, 0) is 19.3 Å². The fraction of sp³-hybridized carbons (Fsp3) is 1.00. The average molecular weight is 176 g/mol. The summed E-state index contributed by atoms with van der Waals surface area (Å²) in [7, 11) is 1.66. The summed E-state index contributed by atoms with van der Waals surface area (Å²) in [6.45, 7) is 4.01. The van der Waals surface area contributed by atoms with Crippen LogP contribution in [0.15, 0.2) is 0 Å². The molecule has 0 amide bonds. The molecule has 3 nitrogen and oxygen atoms in total. The summed E-state index contributed by atoms with van der Waals surface area (Å²) in [4.78, 5) is 0. The number of hydrogen-bond donors (Lipinski definition) is 1. The molecule has 0 aliphatic carbocycles. The third kappa shape index (κ3) is 7.98. The zero-order valence-electron chi connectivity index (χ0n) is 8.08. The Balaban J connectivity index is 2.90. The Kier molecular flexibility index (Phi) is 8.88. The first kappa shape index (κ1) is 11.9. The van der Waals surface area contributed by atoms with E-state index in [1.807, 2.05) is 6.92 Å². The lowest BCUT2D eigenvalue weighted by atomic mass is 10.2. The van der Waals surface area contributed by atoms with Gasteiger partial charge in [-0.25, -0.2) is 0 Å². The topological polar surface area (TPSA) is 38.7 Å². The Hall–Kier alpha value is -0.120. The molecule has 0 aromatic carbocycles. The molecule has 12 heavy (non-hydrogen) atoms. The maximum atomic E-state index is 9.18. The van der Waals surface area contributed by atoms with Crippen molar-refractivity contribution in [2.45, 2.75) is 32.3 Å². The summed E-state index contributed by atoms with van der Waals surface area (Å²) in [6, 6.07) is 0. The standard InChI is InChI=1S/C9H20O3/c1-3-9(10)5-4-6-12-8-7-11-2/h9-10H,3-8H2,1-2H3. The molecule has 0 rings (SSSR count). The van der Waals surface area contributed by atoms with Crippen molar-refractivity contribution in [2.75, 3.05) is 26.9 Å². The molecule has 0 aromatic rings. The van der Waals surface area contributed by atoms with Crippen LogP contribution in [0.2, 0.25) is 0 Å². The van der Waals surface area contributed by atoms with E-state index in [4.69, 9.17) is 9.47 Å². The van der Waals surface area contributed by atoms with Crippen LogP contribution in [0.1, 0.15) is 26.2 Å². The molecule has 0 aromatic heterocycles. The van der Waals surface area contributed by atoms with Crippen LogP contribution in [0.25, 0.3) is 0 Å². The first-order valence-corrected chi connectivity index (χ1v) is 4.56. The van der Waals surface area contributed by atoms with Crippen molar-refractivity contribution >= 4 is 0 Å². The summed E-state index contributed by atoms with van der Waals surface area (Å²) in [6.07, 6.45) is 2.44. The molecule has 0 aliphatic heterocycles. The molecule has 0 saturated carbocycles. The van der Waals surface area contributed by atoms with Crippen LogP contribution in [0, 0.1) is 0 Å². The minimum atomic E-state index is -0.156. The Labute approximate surface area is 74.7 Å². The predicted molar refractivity (Wildman–Crippen MR) is 48.2 cm³/mol. The van der Waals surface area contributed by atoms with Crippen LogP contribution >= 0.6 is 0 Å². The number of aliphatic hydroxyl groups is 1. The fourth-order valence-electron chi connectivity index (χ4n) is 0.869. The fourth-order valence-corrected chi connectivity index (χ4v) is 0.869. The van der Waals surface area contributed by atoms with Gasteiger partial charge in [0.1, 0.15) is 0 Å². The van der Waals surface area contributed by atoms with Crippen LogP contribution in [0.5, 0.6) is 0 Å². The molecule has 0 heterocycles. The number of methoxy groups -OCH3 is 1. The highest BCUT2D eigenvalue weighted by Gasteiger charge is 1.98. The Morgan fingerprint density at radius 2 is 2.00 bits per heavy atom. The molecule has 1 atom stereocenters. The Morgan fingerprint density at radius 1 is 1.25 bits per heavy atom. The van der Waals surface area contributed by atoms with Gasteiger partial charge in [-0.2, -0.15) is 0 Å². The summed E-state index contributed by atoms with van der Waals surface area (Å²) >= 11 is 0. The Morgan fingerprint density at radius 3 is 2.58 bits per heavy atom. The third-order valence-electron chi connectivity index (χ3n) is 1.73. The van der Waals surface area contributed by atoms with Gasteiger partial charge in [0.25, 0.3) is 0 Å². The highest BCUT2D eigenvalue weighted by atomic mass is 16.5. The van der Waals surface area contributed by atoms with Gasteiger partial charge in [0.2, 0.25) is 0 Å². The zero-order chi connectivity index (χ0) is 9.23. The predicted octanol–water partition coefficient (Wildman–Crippen LogP) is 1.20. The summed E-state index contributed by atoms with van der Waals surface area (Å²) in [5.41, 5.74) is 0. The molecule has 3 heteroatoms. The summed E-state index contributed by atoms with van der Waals surface area (Å²) in [5.74, 6) is 0. The second kappa shape index (κ2) is 8.97. The zero-order valence-corrected chi connectivity index (χ0v) is 8.08. The molecular formula is C9H20O3. The van der Waals surface area contributed by atoms with Crippen molar-refractivity contribution in [2.24, 2.45) is 0 Å². The van der Waals surface area contributed by atoms with Crippen molar-refractivity contribution < 1.29 is 14.6 Å². The molecule has 0 saturated heterocycles. The second-order valence-electron chi connectivity index (χ2n) is 2.81. The first-order chi connectivity index (χ1) is 5.81. The number of rotatable bonds is 8. The van der Waals surface area contributed by atoms with Gasteiger partial charge >= 0.3 is 0 Å². The highest BCUT2D eigenvalue weighted by molar-refractivity contribution is 4.51. The van der Waals surface area contributed by atoms with Crippen LogP contribution < -0.4 is 0 Å². The van der Waals surface area contributed by atoms with Gasteiger partial charge in [0.15, 0.2) is 0 Å².